The number of nitrogens with two attached hydrogens (primary N) is 1. The van der Waals surface area contributed by atoms with E-state index in [4.69, 9.17) is 10.3 Å². The van der Waals surface area contributed by atoms with Gasteiger partial charge in [-0.2, -0.15) is 13.2 Å². The zero-order chi connectivity index (χ0) is 20.5. The molecule has 0 radical (unpaired) electrons. The lowest BCUT2D eigenvalue weighted by atomic mass is 10.0. The van der Waals surface area contributed by atoms with Crippen LogP contribution in [0.15, 0.2) is 60.8 Å². The zero-order valence-electron chi connectivity index (χ0n) is 14.3. The number of alkyl halides is 3. The Morgan fingerprint density at radius 2 is 1.75 bits per heavy atom. The molecule has 0 saturated carbocycles. The van der Waals surface area contributed by atoms with E-state index in [1.165, 1.54) is 35.0 Å². The van der Waals surface area contributed by atoms with E-state index in [9.17, 15) is 22.2 Å². The summed E-state index contributed by atoms with van der Waals surface area (Å²) in [4.78, 5) is 11.6. The molecule has 28 heavy (non-hydrogen) atoms. The van der Waals surface area contributed by atoms with Crippen LogP contribution >= 0.6 is 0 Å². The third kappa shape index (κ3) is 4.15. The molecule has 1 aromatic heterocycles. The number of carbonyl (C=O) groups is 1. The van der Waals surface area contributed by atoms with Crippen LogP contribution in [0.4, 0.5) is 13.2 Å². The second-order valence-corrected chi connectivity index (χ2v) is 6.96. The number of nitrogens with zero attached hydrogens (tertiary/aromatic N) is 1. The van der Waals surface area contributed by atoms with Crippen LogP contribution in [0.2, 0.25) is 0 Å². The van der Waals surface area contributed by atoms with E-state index < -0.39 is 28.7 Å². The molecule has 9 heteroatoms. The first-order valence-corrected chi connectivity index (χ1v) is 9.30. The summed E-state index contributed by atoms with van der Waals surface area (Å²) in [5.41, 5.74) is 5.67. The predicted octanol–water partition coefficient (Wildman–Crippen LogP) is 3.98. The maximum absolute atomic E-state index is 13.5. The molecule has 3 aromatic rings. The van der Waals surface area contributed by atoms with E-state index in [-0.39, 0.29) is 22.6 Å². The summed E-state index contributed by atoms with van der Waals surface area (Å²) in [7, 11) is 0. The van der Waals surface area contributed by atoms with Gasteiger partial charge in [0.15, 0.2) is 11.1 Å². The SMILES string of the molecule is NC(=O)c1cc(-c2ccccc2C(F)(F)F)n(-c2ccc(CS(=O)O)cc2)c1. The number of halogens is 3. The highest BCUT2D eigenvalue weighted by molar-refractivity contribution is 7.78. The lowest BCUT2D eigenvalue weighted by molar-refractivity contribution is -0.137. The van der Waals surface area contributed by atoms with Crippen LogP contribution < -0.4 is 5.73 Å². The van der Waals surface area contributed by atoms with Crippen LogP contribution in [0.3, 0.4) is 0 Å². The number of benzene rings is 2. The number of amides is 1. The van der Waals surface area contributed by atoms with Crippen molar-refractivity contribution in [3.8, 4) is 16.9 Å². The van der Waals surface area contributed by atoms with Crippen LogP contribution in [-0.2, 0) is 23.0 Å². The highest BCUT2D eigenvalue weighted by Crippen LogP contribution is 2.38. The predicted molar refractivity (Wildman–Crippen MR) is 99.2 cm³/mol. The van der Waals surface area contributed by atoms with Crippen LogP contribution in [0.25, 0.3) is 16.9 Å². The smallest absolute Gasteiger partial charge is 0.366 e. The summed E-state index contributed by atoms with van der Waals surface area (Å²) in [6, 6.07) is 12.7. The number of hydrogen-bond donors (Lipinski definition) is 2. The van der Waals surface area contributed by atoms with Gasteiger partial charge in [-0.1, -0.05) is 30.3 Å². The molecule has 0 spiro atoms. The Kier molecular flexibility index (Phi) is 5.39. The van der Waals surface area contributed by atoms with E-state index in [1.807, 2.05) is 0 Å². The summed E-state index contributed by atoms with van der Waals surface area (Å²) < 4.78 is 61.7. The highest BCUT2D eigenvalue weighted by atomic mass is 32.2. The van der Waals surface area contributed by atoms with Crippen LogP contribution in [0.5, 0.6) is 0 Å². The van der Waals surface area contributed by atoms with Gasteiger partial charge in [0.25, 0.3) is 0 Å². The lowest BCUT2D eigenvalue weighted by Crippen LogP contribution is -2.09. The molecule has 1 atom stereocenters. The highest BCUT2D eigenvalue weighted by Gasteiger charge is 2.34. The Balaban J connectivity index is 2.17. The van der Waals surface area contributed by atoms with E-state index in [2.05, 4.69) is 0 Å². The van der Waals surface area contributed by atoms with E-state index in [1.54, 1.807) is 24.3 Å². The third-order valence-electron chi connectivity index (χ3n) is 4.12. The summed E-state index contributed by atoms with van der Waals surface area (Å²) in [5.74, 6) is -0.834. The Hall–Kier alpha value is -2.91. The molecule has 5 nitrogen and oxygen atoms in total. The van der Waals surface area contributed by atoms with Gasteiger partial charge >= 0.3 is 6.18 Å². The Morgan fingerprint density at radius 1 is 1.11 bits per heavy atom. The molecule has 0 saturated heterocycles. The minimum atomic E-state index is -4.58. The standard InChI is InChI=1S/C19H15F3N2O3S/c20-19(21,22)16-4-2-1-3-15(16)17-9-13(18(23)25)10-24(17)14-7-5-12(6-8-14)11-28(26)27/h1-10H,11H2,(H2,23,25)(H,26,27). The van der Waals surface area contributed by atoms with Crippen molar-refractivity contribution in [2.45, 2.75) is 11.9 Å². The van der Waals surface area contributed by atoms with Gasteiger partial charge < -0.3 is 14.9 Å². The molecule has 1 heterocycles. The lowest BCUT2D eigenvalue weighted by Gasteiger charge is -2.15. The molecule has 1 unspecified atom stereocenters. The molecule has 3 rings (SSSR count). The first kappa shape index (κ1) is 19.8. The third-order valence-corrected chi connectivity index (χ3v) is 4.70. The minimum absolute atomic E-state index is 0.0625. The van der Waals surface area contributed by atoms with Gasteiger partial charge in [0.2, 0.25) is 5.91 Å². The van der Waals surface area contributed by atoms with E-state index in [0.29, 0.717) is 11.3 Å². The van der Waals surface area contributed by atoms with Gasteiger partial charge in [-0.15, -0.1) is 0 Å². The first-order valence-electron chi connectivity index (χ1n) is 8.02. The fraction of sp³-hybridized carbons (Fsp3) is 0.105. The molecule has 0 aliphatic carbocycles. The number of aromatic nitrogens is 1. The molecule has 1 amide bonds. The number of primary amides is 1. The second-order valence-electron chi connectivity index (χ2n) is 6.02. The van der Waals surface area contributed by atoms with Crippen molar-refractivity contribution in [3.05, 3.63) is 77.5 Å². The number of hydrogen-bond acceptors (Lipinski definition) is 2. The van der Waals surface area contributed by atoms with Gasteiger partial charge in [-0.3, -0.25) is 4.79 Å². The van der Waals surface area contributed by atoms with E-state index in [0.717, 1.165) is 6.07 Å². The normalized spacial score (nSPS) is 12.7. The van der Waals surface area contributed by atoms with Gasteiger partial charge in [-0.25, -0.2) is 4.21 Å². The quantitative estimate of drug-likeness (QED) is 0.626. The molecule has 0 bridgehead atoms. The Morgan fingerprint density at radius 3 is 2.32 bits per heavy atom. The van der Waals surface area contributed by atoms with Gasteiger partial charge in [0.1, 0.15) is 0 Å². The molecular formula is C19H15F3N2O3S. The summed E-state index contributed by atoms with van der Waals surface area (Å²) in [5, 5.41) is 0. The fourth-order valence-corrected chi connectivity index (χ4v) is 3.35. The maximum atomic E-state index is 13.5. The van der Waals surface area contributed by atoms with Crippen molar-refractivity contribution in [1.82, 2.24) is 4.57 Å². The van der Waals surface area contributed by atoms with Gasteiger partial charge in [0.05, 0.1) is 22.6 Å². The molecule has 146 valence electrons. The largest absolute Gasteiger partial charge is 0.417 e. The van der Waals surface area contributed by atoms with E-state index >= 15 is 0 Å². The monoisotopic (exact) mass is 408 g/mol. The van der Waals surface area contributed by atoms with Gasteiger partial charge in [-0.05, 0) is 29.8 Å². The summed E-state index contributed by atoms with van der Waals surface area (Å²) >= 11 is -2.01. The van der Waals surface area contributed by atoms with Crippen LogP contribution in [0.1, 0.15) is 21.5 Å². The summed E-state index contributed by atoms with van der Waals surface area (Å²) in [6.45, 7) is 0. The van der Waals surface area contributed by atoms with Gasteiger partial charge in [0, 0.05) is 17.4 Å². The topological polar surface area (TPSA) is 85.3 Å². The zero-order valence-corrected chi connectivity index (χ0v) is 15.1. The first-order chi connectivity index (χ1) is 13.2. The van der Waals surface area contributed by atoms with Crippen LogP contribution in [0, 0.1) is 0 Å². The second kappa shape index (κ2) is 7.61. The Labute approximate surface area is 160 Å². The van der Waals surface area contributed by atoms with Crippen molar-refractivity contribution in [2.75, 3.05) is 0 Å². The number of carbonyl (C=O) groups excluding carboxylic acids is 1. The van der Waals surface area contributed by atoms with Crippen molar-refractivity contribution in [3.63, 3.8) is 0 Å². The molecule has 3 N–H and O–H groups in total. The molecule has 0 aliphatic rings. The maximum Gasteiger partial charge on any atom is 0.417 e. The Bertz CT molecular complexity index is 1040. The molecule has 0 fully saturated rings. The molecular weight excluding hydrogens is 393 g/mol. The van der Waals surface area contributed by atoms with Crippen molar-refractivity contribution >= 4 is 17.0 Å². The van der Waals surface area contributed by atoms with Crippen molar-refractivity contribution < 1.29 is 26.7 Å². The summed E-state index contributed by atoms with van der Waals surface area (Å²) in [6.07, 6.45) is -3.21. The average molecular weight is 408 g/mol. The molecule has 0 aliphatic heterocycles. The number of rotatable bonds is 5. The van der Waals surface area contributed by atoms with Crippen molar-refractivity contribution in [1.29, 1.82) is 0 Å². The fourth-order valence-electron chi connectivity index (χ4n) is 2.87. The molecule has 2 aromatic carbocycles. The average Bonchev–Trinajstić information content (AvgIpc) is 3.07. The van der Waals surface area contributed by atoms with Crippen LogP contribution in [-0.4, -0.2) is 19.2 Å². The van der Waals surface area contributed by atoms with Crippen molar-refractivity contribution in [2.24, 2.45) is 5.73 Å². The minimum Gasteiger partial charge on any atom is -0.366 e.